The Morgan fingerprint density at radius 2 is 1.97 bits per heavy atom. The summed E-state index contributed by atoms with van der Waals surface area (Å²) in [7, 11) is -1.02. The maximum absolute atomic E-state index is 15.2. The van der Waals surface area contributed by atoms with Crippen LogP contribution < -0.4 is 19.5 Å². The Balaban J connectivity index is 1.72. The summed E-state index contributed by atoms with van der Waals surface area (Å²) in [6.45, 7) is 1.70. The van der Waals surface area contributed by atoms with Crippen LogP contribution in [0, 0.1) is 11.6 Å². The lowest BCUT2D eigenvalue weighted by Crippen LogP contribution is -2.21. The zero-order valence-corrected chi connectivity index (χ0v) is 20.4. The zero-order valence-electron chi connectivity index (χ0n) is 19.6. The van der Waals surface area contributed by atoms with Crippen molar-refractivity contribution in [3.63, 3.8) is 0 Å². The largest absolute Gasteiger partial charge is 0.480 e. The smallest absolute Gasteiger partial charge is 0.319 e. The van der Waals surface area contributed by atoms with Crippen LogP contribution in [0.5, 0.6) is 11.9 Å². The van der Waals surface area contributed by atoms with Crippen molar-refractivity contribution in [3.8, 4) is 23.0 Å². The van der Waals surface area contributed by atoms with Crippen LogP contribution in [0.1, 0.15) is 35.2 Å². The number of carbonyl (C=O) groups excluding carboxylic acids is 1. The predicted molar refractivity (Wildman–Crippen MR) is 128 cm³/mol. The molecular weight excluding hydrogens is 496 g/mol. The number of hydrogen-bond donors (Lipinski definition) is 2. The first kappa shape index (κ1) is 25.2. The van der Waals surface area contributed by atoms with Crippen LogP contribution in [0.4, 0.5) is 20.3 Å². The summed E-state index contributed by atoms with van der Waals surface area (Å²) in [6, 6.07) is 3.55. The van der Waals surface area contributed by atoms with Crippen LogP contribution in [0.2, 0.25) is 0 Å². The number of anilines is 2. The van der Waals surface area contributed by atoms with Gasteiger partial charge in [-0.25, -0.2) is 27.2 Å². The van der Waals surface area contributed by atoms with Crippen molar-refractivity contribution in [1.82, 2.24) is 15.0 Å². The fourth-order valence-electron chi connectivity index (χ4n) is 3.91. The molecule has 0 spiro atoms. The molecule has 3 heterocycles. The van der Waals surface area contributed by atoms with Crippen LogP contribution in [-0.2, 0) is 10.0 Å². The van der Waals surface area contributed by atoms with Gasteiger partial charge in [0.2, 0.25) is 15.9 Å². The quantitative estimate of drug-likeness (QED) is 0.408. The van der Waals surface area contributed by atoms with Crippen LogP contribution in [-0.4, -0.2) is 55.7 Å². The van der Waals surface area contributed by atoms with Crippen molar-refractivity contribution in [2.75, 3.05) is 36.6 Å². The number of ketones is 1. The fourth-order valence-corrected chi connectivity index (χ4v) is 5.04. The number of benzene rings is 1. The van der Waals surface area contributed by atoms with Gasteiger partial charge in [0.05, 0.1) is 42.7 Å². The van der Waals surface area contributed by atoms with Gasteiger partial charge in [0.15, 0.2) is 11.6 Å². The number of carbonyl (C=O) groups is 1. The molecule has 0 bridgehead atoms. The topological polar surface area (TPSA) is 132 Å². The van der Waals surface area contributed by atoms with Gasteiger partial charge in [-0.2, -0.15) is 4.98 Å². The minimum atomic E-state index is -3.86. The Morgan fingerprint density at radius 1 is 1.19 bits per heavy atom. The number of ether oxygens (including phenoxy) is 2. The number of nitrogens with zero attached hydrogens (tertiary/aromatic N) is 3. The number of Topliss-reactive ketones (excluding diaryl/α,β-unsaturated/α-hetero) is 1. The molecule has 0 saturated carbocycles. The lowest BCUT2D eigenvalue weighted by Gasteiger charge is -2.15. The van der Waals surface area contributed by atoms with Crippen LogP contribution >= 0.6 is 0 Å². The maximum atomic E-state index is 15.2. The Kier molecular flexibility index (Phi) is 7.02. The number of sulfonamides is 1. The van der Waals surface area contributed by atoms with Gasteiger partial charge < -0.3 is 14.8 Å². The molecule has 0 saturated heterocycles. The SMILES string of the molecule is CCCS(=O)(=O)Nc1ccc(F)c(C(=O)C2CNc3ncc(-c4cnc(OC)nc4OC)cc32)c1F. The summed E-state index contributed by atoms with van der Waals surface area (Å²) in [6.07, 6.45) is 3.29. The third-order valence-electron chi connectivity index (χ3n) is 5.58. The summed E-state index contributed by atoms with van der Waals surface area (Å²) in [5.74, 6) is -3.87. The van der Waals surface area contributed by atoms with Crippen molar-refractivity contribution in [2.24, 2.45) is 0 Å². The molecule has 1 aromatic carbocycles. The van der Waals surface area contributed by atoms with Gasteiger partial charge in [-0.15, -0.1) is 0 Å². The highest BCUT2D eigenvalue weighted by molar-refractivity contribution is 7.92. The van der Waals surface area contributed by atoms with Gasteiger partial charge in [-0.1, -0.05) is 6.92 Å². The molecule has 10 nitrogen and oxygen atoms in total. The Labute approximate surface area is 206 Å². The number of nitrogens with one attached hydrogen (secondary N) is 2. The van der Waals surface area contributed by atoms with Gasteiger partial charge in [-0.05, 0) is 24.6 Å². The van der Waals surface area contributed by atoms with Gasteiger partial charge in [0, 0.05) is 30.1 Å². The van der Waals surface area contributed by atoms with Gasteiger partial charge in [-0.3, -0.25) is 9.52 Å². The molecule has 2 aromatic heterocycles. The van der Waals surface area contributed by atoms with E-state index in [1.807, 2.05) is 0 Å². The molecular formula is C23H23F2N5O5S. The molecule has 13 heteroatoms. The first-order valence-corrected chi connectivity index (χ1v) is 12.6. The second-order valence-corrected chi connectivity index (χ2v) is 9.79. The van der Waals surface area contributed by atoms with Gasteiger partial charge in [0.1, 0.15) is 11.6 Å². The highest BCUT2D eigenvalue weighted by Gasteiger charge is 2.35. The first-order chi connectivity index (χ1) is 17.2. The molecule has 36 heavy (non-hydrogen) atoms. The molecule has 1 aliphatic rings. The van der Waals surface area contributed by atoms with Gasteiger partial charge >= 0.3 is 6.01 Å². The van der Waals surface area contributed by atoms with Crippen LogP contribution in [0.3, 0.4) is 0 Å². The molecule has 2 N–H and O–H groups in total. The fraction of sp³-hybridized carbons (Fsp3) is 0.304. The lowest BCUT2D eigenvalue weighted by molar-refractivity contribution is 0.0958. The van der Waals surface area contributed by atoms with Crippen molar-refractivity contribution >= 4 is 27.3 Å². The molecule has 4 rings (SSSR count). The van der Waals surface area contributed by atoms with Gasteiger partial charge in [0.25, 0.3) is 0 Å². The molecule has 0 radical (unpaired) electrons. The molecule has 1 unspecified atom stereocenters. The maximum Gasteiger partial charge on any atom is 0.319 e. The third-order valence-corrected chi connectivity index (χ3v) is 7.05. The van der Waals surface area contributed by atoms with E-state index in [1.165, 1.54) is 26.6 Å². The van der Waals surface area contributed by atoms with E-state index in [4.69, 9.17) is 9.47 Å². The van der Waals surface area contributed by atoms with E-state index in [0.29, 0.717) is 28.9 Å². The molecule has 1 atom stereocenters. The van der Waals surface area contributed by atoms with Crippen LogP contribution in [0.15, 0.2) is 30.6 Å². The van der Waals surface area contributed by atoms with Crippen molar-refractivity contribution in [1.29, 1.82) is 0 Å². The second kappa shape index (κ2) is 10.0. The number of methoxy groups -OCH3 is 2. The van der Waals surface area contributed by atoms with E-state index in [0.717, 1.165) is 12.1 Å². The van der Waals surface area contributed by atoms with Crippen molar-refractivity contribution in [2.45, 2.75) is 19.3 Å². The van der Waals surface area contributed by atoms with E-state index in [9.17, 15) is 17.6 Å². The average Bonchev–Trinajstić information content (AvgIpc) is 3.28. The highest BCUT2D eigenvalue weighted by atomic mass is 32.2. The summed E-state index contributed by atoms with van der Waals surface area (Å²) in [4.78, 5) is 25.9. The lowest BCUT2D eigenvalue weighted by atomic mass is 9.91. The summed E-state index contributed by atoms with van der Waals surface area (Å²) in [5, 5.41) is 2.96. The van der Waals surface area contributed by atoms with E-state index in [2.05, 4.69) is 25.0 Å². The molecule has 3 aromatic rings. The number of aromatic nitrogens is 3. The summed E-state index contributed by atoms with van der Waals surface area (Å²) < 4.78 is 66.5. The molecule has 0 aliphatic carbocycles. The number of rotatable bonds is 9. The number of hydrogen-bond acceptors (Lipinski definition) is 9. The van der Waals surface area contributed by atoms with E-state index >= 15 is 4.39 Å². The first-order valence-electron chi connectivity index (χ1n) is 10.9. The Hall–Kier alpha value is -3.87. The third kappa shape index (κ3) is 4.78. The second-order valence-electron chi connectivity index (χ2n) is 7.94. The Morgan fingerprint density at radius 3 is 2.67 bits per heavy atom. The van der Waals surface area contributed by atoms with E-state index < -0.39 is 44.6 Å². The zero-order chi connectivity index (χ0) is 26.0. The minimum Gasteiger partial charge on any atom is -0.480 e. The van der Waals surface area contributed by atoms with Crippen LogP contribution in [0.25, 0.3) is 11.1 Å². The summed E-state index contributed by atoms with van der Waals surface area (Å²) >= 11 is 0. The van der Waals surface area contributed by atoms with Crippen molar-refractivity contribution < 1.29 is 31.5 Å². The van der Waals surface area contributed by atoms with E-state index in [-0.39, 0.29) is 24.2 Å². The normalized spacial score (nSPS) is 14.6. The minimum absolute atomic E-state index is 0.0472. The average molecular weight is 520 g/mol. The monoisotopic (exact) mass is 519 g/mol. The highest BCUT2D eigenvalue weighted by Crippen LogP contribution is 2.38. The molecule has 0 amide bonds. The standard InChI is InChI=1S/C23H23F2N5O5S/c1-4-7-36(32,33)30-17-6-5-16(24)18(19(17)25)20(31)15-11-27-21-13(15)8-12(9-26-21)14-10-28-23(35-3)29-22(14)34-2/h5-6,8-10,15,30H,4,7,11H2,1-3H3,(H,26,27). The molecule has 1 aliphatic heterocycles. The predicted octanol–water partition coefficient (Wildman–Crippen LogP) is 3.38. The molecule has 0 fully saturated rings. The van der Waals surface area contributed by atoms with E-state index in [1.54, 1.807) is 13.0 Å². The molecule has 190 valence electrons. The number of pyridine rings is 1. The van der Waals surface area contributed by atoms with Crippen molar-refractivity contribution in [3.05, 3.63) is 53.4 Å². The number of fused-ring (bicyclic) bond motifs is 1. The Bertz CT molecular complexity index is 1430. The number of halogens is 2. The summed E-state index contributed by atoms with van der Waals surface area (Å²) in [5.41, 5.74) is 0.0628.